The van der Waals surface area contributed by atoms with Gasteiger partial charge in [-0.15, -0.1) is 0 Å². The van der Waals surface area contributed by atoms with Crippen molar-refractivity contribution in [3.8, 4) is 0 Å². The van der Waals surface area contributed by atoms with Crippen LogP contribution in [0.4, 0.5) is 17.1 Å². The van der Waals surface area contributed by atoms with Gasteiger partial charge in [0.1, 0.15) is 5.69 Å². The summed E-state index contributed by atoms with van der Waals surface area (Å²) in [7, 11) is 2.12. The van der Waals surface area contributed by atoms with Crippen LogP contribution in [0.1, 0.15) is 36.8 Å². The van der Waals surface area contributed by atoms with Crippen molar-refractivity contribution in [1.82, 2.24) is 19.6 Å². The molecule has 1 N–H and O–H groups in total. The van der Waals surface area contributed by atoms with E-state index in [2.05, 4.69) is 27.3 Å². The second-order valence-corrected chi connectivity index (χ2v) is 8.01. The van der Waals surface area contributed by atoms with E-state index in [0.717, 1.165) is 26.2 Å². The topological polar surface area (TPSA) is 73.7 Å². The van der Waals surface area contributed by atoms with Gasteiger partial charge in [0, 0.05) is 45.2 Å². The molecule has 8 nitrogen and oxygen atoms in total. The van der Waals surface area contributed by atoms with Gasteiger partial charge >= 0.3 is 0 Å². The molecule has 1 aromatic heterocycles. The van der Waals surface area contributed by atoms with E-state index in [1.807, 2.05) is 38.1 Å². The van der Waals surface area contributed by atoms with Crippen LogP contribution in [0, 0.1) is 0 Å². The Bertz CT molecular complexity index is 914. The third-order valence-corrected chi connectivity index (χ3v) is 5.60. The second kappa shape index (κ2) is 7.96. The largest absolute Gasteiger partial charge is 0.319 e. The average molecular weight is 396 g/mol. The van der Waals surface area contributed by atoms with Crippen molar-refractivity contribution in [1.29, 1.82) is 0 Å². The molecule has 0 spiro atoms. The first-order valence-corrected chi connectivity index (χ1v) is 10.2. The van der Waals surface area contributed by atoms with Gasteiger partial charge in [0.25, 0.3) is 5.91 Å². The number of hydrogen-bond donors (Lipinski definition) is 1. The van der Waals surface area contributed by atoms with E-state index in [1.54, 1.807) is 15.8 Å². The molecular weight excluding hydrogens is 368 g/mol. The van der Waals surface area contributed by atoms with Crippen molar-refractivity contribution in [3.05, 3.63) is 36.2 Å². The number of amides is 2. The zero-order valence-corrected chi connectivity index (χ0v) is 17.3. The van der Waals surface area contributed by atoms with E-state index in [0.29, 0.717) is 35.7 Å². The highest BCUT2D eigenvalue weighted by Crippen LogP contribution is 2.38. The lowest BCUT2D eigenvalue weighted by Crippen LogP contribution is -2.45. The number of anilines is 3. The summed E-state index contributed by atoms with van der Waals surface area (Å²) < 4.78 is 1.68. The highest BCUT2D eigenvalue weighted by molar-refractivity contribution is 6.16. The molecule has 154 valence electrons. The predicted octanol–water partition coefficient (Wildman–Crippen LogP) is 2.33. The molecule has 0 bridgehead atoms. The van der Waals surface area contributed by atoms with Gasteiger partial charge in [-0.25, -0.2) is 0 Å². The van der Waals surface area contributed by atoms with Crippen molar-refractivity contribution in [2.45, 2.75) is 26.3 Å². The molecule has 8 heteroatoms. The highest BCUT2D eigenvalue weighted by Gasteiger charge is 2.33. The fourth-order valence-corrected chi connectivity index (χ4v) is 3.92. The summed E-state index contributed by atoms with van der Waals surface area (Å²) in [5.74, 6) is -0.273. The van der Waals surface area contributed by atoms with Crippen LogP contribution in [-0.2, 0) is 4.79 Å². The number of carbonyl (C=O) groups is 2. The Morgan fingerprint density at radius 3 is 2.59 bits per heavy atom. The number of aromatic nitrogens is 2. The summed E-state index contributed by atoms with van der Waals surface area (Å²) in [6.45, 7) is 8.62. The average Bonchev–Trinajstić information content (AvgIpc) is 3.09. The monoisotopic (exact) mass is 396 g/mol. The van der Waals surface area contributed by atoms with E-state index in [9.17, 15) is 9.59 Å². The Balaban J connectivity index is 1.65. The van der Waals surface area contributed by atoms with Gasteiger partial charge < -0.3 is 15.1 Å². The Hall–Kier alpha value is -2.71. The number of carbonyl (C=O) groups excluding carboxylic acids is 2. The normalized spacial score (nSPS) is 17.7. The molecule has 3 heterocycles. The number of rotatable bonds is 4. The molecule has 4 rings (SSSR count). The van der Waals surface area contributed by atoms with Crippen molar-refractivity contribution in [3.63, 3.8) is 0 Å². The number of nitrogens with zero attached hydrogens (tertiary/aromatic N) is 5. The molecule has 0 unspecified atom stereocenters. The van der Waals surface area contributed by atoms with Crippen LogP contribution in [0.5, 0.6) is 0 Å². The summed E-state index contributed by atoms with van der Waals surface area (Å²) in [5.41, 5.74) is 2.29. The number of para-hydroxylation sites is 2. The minimum Gasteiger partial charge on any atom is -0.319 e. The molecule has 29 heavy (non-hydrogen) atoms. The van der Waals surface area contributed by atoms with Crippen LogP contribution in [-0.4, -0.2) is 71.2 Å². The first kappa shape index (κ1) is 19.6. The molecule has 1 fully saturated rings. The summed E-state index contributed by atoms with van der Waals surface area (Å²) in [5, 5.41) is 7.34. The number of hydrogen-bond acceptors (Lipinski definition) is 5. The van der Waals surface area contributed by atoms with E-state index in [4.69, 9.17) is 0 Å². The Morgan fingerprint density at radius 2 is 1.86 bits per heavy atom. The molecule has 2 amide bonds. The molecule has 2 aromatic rings. The number of nitrogens with one attached hydrogen (secondary N) is 1. The summed E-state index contributed by atoms with van der Waals surface area (Å²) in [6.07, 6.45) is 2.02. The van der Waals surface area contributed by atoms with Gasteiger partial charge in [0.15, 0.2) is 5.69 Å². The summed E-state index contributed by atoms with van der Waals surface area (Å²) >= 11 is 0. The summed E-state index contributed by atoms with van der Waals surface area (Å²) in [6, 6.07) is 7.44. The molecular formula is C21H28N6O2. The van der Waals surface area contributed by atoms with Gasteiger partial charge in [-0.1, -0.05) is 12.1 Å². The molecule has 2 aliphatic rings. The van der Waals surface area contributed by atoms with E-state index >= 15 is 0 Å². The second-order valence-electron chi connectivity index (χ2n) is 8.01. The fraction of sp³-hybridized carbons (Fsp3) is 0.476. The van der Waals surface area contributed by atoms with Crippen molar-refractivity contribution in [2.75, 3.05) is 50.0 Å². The first-order chi connectivity index (χ1) is 14.0. The predicted molar refractivity (Wildman–Crippen MR) is 113 cm³/mol. The molecule has 0 radical (unpaired) electrons. The van der Waals surface area contributed by atoms with E-state index in [-0.39, 0.29) is 17.9 Å². The van der Waals surface area contributed by atoms with Crippen molar-refractivity contribution in [2.24, 2.45) is 0 Å². The lowest BCUT2D eigenvalue weighted by molar-refractivity contribution is -0.118. The molecule has 0 saturated carbocycles. The Kier molecular flexibility index (Phi) is 5.38. The maximum atomic E-state index is 13.4. The fourth-order valence-electron chi connectivity index (χ4n) is 3.92. The SMILES string of the molecule is CC(C)n1ncc2c1C(=O)Nc1ccccc1N2C(=O)CCN1CCN(C)CC1. The van der Waals surface area contributed by atoms with Crippen molar-refractivity contribution >= 4 is 28.9 Å². The van der Waals surface area contributed by atoms with Gasteiger partial charge in [-0.2, -0.15) is 5.10 Å². The van der Waals surface area contributed by atoms with Gasteiger partial charge in [-0.3, -0.25) is 19.2 Å². The zero-order chi connectivity index (χ0) is 20.5. The highest BCUT2D eigenvalue weighted by atomic mass is 16.2. The van der Waals surface area contributed by atoms with Crippen molar-refractivity contribution < 1.29 is 9.59 Å². The maximum absolute atomic E-state index is 13.4. The Labute approximate surface area is 171 Å². The smallest absolute Gasteiger partial charge is 0.276 e. The molecule has 2 aliphatic heterocycles. The first-order valence-electron chi connectivity index (χ1n) is 10.2. The molecule has 0 aliphatic carbocycles. The molecule has 1 aromatic carbocycles. The number of fused-ring (bicyclic) bond motifs is 2. The number of benzene rings is 1. The number of piperazine rings is 1. The lowest BCUT2D eigenvalue weighted by Gasteiger charge is -2.32. The molecule has 0 atom stereocenters. The lowest BCUT2D eigenvalue weighted by atomic mass is 10.2. The minimum atomic E-state index is -0.243. The van der Waals surface area contributed by atoms with E-state index in [1.165, 1.54) is 0 Å². The van der Waals surface area contributed by atoms with Gasteiger partial charge in [-0.05, 0) is 33.0 Å². The van der Waals surface area contributed by atoms with Crippen LogP contribution in [0.25, 0.3) is 0 Å². The third-order valence-electron chi connectivity index (χ3n) is 5.60. The number of likely N-dealkylation sites (N-methyl/N-ethyl adjacent to an activating group) is 1. The van der Waals surface area contributed by atoms with Crippen LogP contribution < -0.4 is 10.2 Å². The van der Waals surface area contributed by atoms with Crippen LogP contribution in [0.3, 0.4) is 0 Å². The van der Waals surface area contributed by atoms with Gasteiger partial charge in [0.2, 0.25) is 5.91 Å². The van der Waals surface area contributed by atoms with Crippen LogP contribution in [0.2, 0.25) is 0 Å². The molecule has 1 saturated heterocycles. The quantitative estimate of drug-likeness (QED) is 0.859. The zero-order valence-electron chi connectivity index (χ0n) is 17.3. The standard InChI is InChI=1S/C21H28N6O2/c1-15(2)27-20-18(14-22-27)26(17-7-5-4-6-16(17)23-21(20)29)19(28)8-9-25-12-10-24(3)11-13-25/h4-7,14-15H,8-13H2,1-3H3,(H,23,29). The maximum Gasteiger partial charge on any atom is 0.276 e. The Morgan fingerprint density at radius 1 is 1.14 bits per heavy atom. The third kappa shape index (κ3) is 3.77. The van der Waals surface area contributed by atoms with E-state index < -0.39 is 0 Å². The van der Waals surface area contributed by atoms with Crippen LogP contribution >= 0.6 is 0 Å². The van der Waals surface area contributed by atoms with Crippen LogP contribution in [0.15, 0.2) is 30.5 Å². The summed E-state index contributed by atoms with van der Waals surface area (Å²) in [4.78, 5) is 32.6. The minimum absolute atomic E-state index is 0.00741. The van der Waals surface area contributed by atoms with Gasteiger partial charge in [0.05, 0.1) is 17.6 Å².